The SMILES string of the molecule is CC(C)n1c([C@@H]2CC[C@H](N)C2)nc2ccccc21. The largest absolute Gasteiger partial charge is 0.328 e. The quantitative estimate of drug-likeness (QED) is 0.880. The Kier molecular flexibility index (Phi) is 2.86. The topological polar surface area (TPSA) is 43.8 Å². The van der Waals surface area contributed by atoms with Crippen LogP contribution in [0.3, 0.4) is 0 Å². The van der Waals surface area contributed by atoms with Gasteiger partial charge in [0.1, 0.15) is 5.82 Å². The summed E-state index contributed by atoms with van der Waals surface area (Å²) in [5.41, 5.74) is 8.41. The number of hydrogen-bond donors (Lipinski definition) is 1. The van der Waals surface area contributed by atoms with Crippen molar-refractivity contribution in [1.82, 2.24) is 9.55 Å². The zero-order chi connectivity index (χ0) is 12.7. The fourth-order valence-electron chi connectivity index (χ4n) is 3.14. The first-order chi connectivity index (χ1) is 8.66. The summed E-state index contributed by atoms with van der Waals surface area (Å²) in [6, 6.07) is 9.23. The molecule has 1 aromatic carbocycles. The molecule has 1 saturated carbocycles. The minimum atomic E-state index is 0.357. The normalized spacial score (nSPS) is 24.2. The zero-order valence-electron chi connectivity index (χ0n) is 11.1. The summed E-state index contributed by atoms with van der Waals surface area (Å²) in [6.07, 6.45) is 3.39. The molecule has 1 aliphatic rings. The number of benzene rings is 1. The van der Waals surface area contributed by atoms with Gasteiger partial charge in [0.05, 0.1) is 11.0 Å². The van der Waals surface area contributed by atoms with Crippen molar-refractivity contribution >= 4 is 11.0 Å². The van der Waals surface area contributed by atoms with E-state index in [4.69, 9.17) is 10.7 Å². The molecule has 0 bridgehead atoms. The van der Waals surface area contributed by atoms with Gasteiger partial charge in [-0.2, -0.15) is 0 Å². The maximum absolute atomic E-state index is 6.05. The van der Waals surface area contributed by atoms with Crippen molar-refractivity contribution in [2.75, 3.05) is 0 Å². The van der Waals surface area contributed by atoms with Crippen LogP contribution >= 0.6 is 0 Å². The molecule has 1 heterocycles. The highest BCUT2D eigenvalue weighted by atomic mass is 15.1. The third-order valence-corrected chi connectivity index (χ3v) is 3.98. The van der Waals surface area contributed by atoms with Crippen molar-refractivity contribution < 1.29 is 0 Å². The number of nitrogens with two attached hydrogens (primary N) is 1. The van der Waals surface area contributed by atoms with Gasteiger partial charge in [0.15, 0.2) is 0 Å². The predicted octanol–water partition coefficient (Wildman–Crippen LogP) is 3.21. The Hall–Kier alpha value is -1.35. The van der Waals surface area contributed by atoms with Crippen LogP contribution < -0.4 is 5.73 Å². The molecule has 3 rings (SSSR count). The van der Waals surface area contributed by atoms with E-state index in [2.05, 4.69) is 42.7 Å². The lowest BCUT2D eigenvalue weighted by Gasteiger charge is -2.17. The Morgan fingerprint density at radius 3 is 2.72 bits per heavy atom. The van der Waals surface area contributed by atoms with Crippen LogP contribution in [0.15, 0.2) is 24.3 Å². The highest BCUT2D eigenvalue weighted by Crippen LogP contribution is 2.36. The molecule has 1 fully saturated rings. The number of nitrogens with zero attached hydrogens (tertiary/aromatic N) is 2. The van der Waals surface area contributed by atoms with Gasteiger partial charge in [-0.1, -0.05) is 12.1 Å². The van der Waals surface area contributed by atoms with E-state index in [9.17, 15) is 0 Å². The molecule has 2 aromatic rings. The second-order valence-electron chi connectivity index (χ2n) is 5.69. The smallest absolute Gasteiger partial charge is 0.113 e. The van der Waals surface area contributed by atoms with Gasteiger partial charge in [-0.15, -0.1) is 0 Å². The summed E-state index contributed by atoms with van der Waals surface area (Å²) >= 11 is 0. The Morgan fingerprint density at radius 2 is 2.06 bits per heavy atom. The maximum Gasteiger partial charge on any atom is 0.113 e. The predicted molar refractivity (Wildman–Crippen MR) is 74.7 cm³/mol. The van der Waals surface area contributed by atoms with E-state index in [0.29, 0.717) is 18.0 Å². The van der Waals surface area contributed by atoms with E-state index >= 15 is 0 Å². The summed E-state index contributed by atoms with van der Waals surface area (Å²) in [7, 11) is 0. The van der Waals surface area contributed by atoms with Crippen molar-refractivity contribution in [3.05, 3.63) is 30.1 Å². The Labute approximate surface area is 108 Å². The van der Waals surface area contributed by atoms with E-state index < -0.39 is 0 Å². The van der Waals surface area contributed by atoms with E-state index in [1.807, 2.05) is 0 Å². The number of aromatic nitrogens is 2. The fraction of sp³-hybridized carbons (Fsp3) is 0.533. The lowest BCUT2D eigenvalue weighted by atomic mass is 10.1. The van der Waals surface area contributed by atoms with Gasteiger partial charge < -0.3 is 10.3 Å². The van der Waals surface area contributed by atoms with Crippen molar-refractivity contribution in [1.29, 1.82) is 0 Å². The lowest BCUT2D eigenvalue weighted by Crippen LogP contribution is -2.16. The van der Waals surface area contributed by atoms with Crippen molar-refractivity contribution in [3.63, 3.8) is 0 Å². The van der Waals surface area contributed by atoms with Crippen molar-refractivity contribution in [3.8, 4) is 0 Å². The molecule has 0 spiro atoms. The summed E-state index contributed by atoms with van der Waals surface area (Å²) in [5, 5.41) is 0. The maximum atomic E-state index is 6.05. The first kappa shape index (κ1) is 11.7. The van der Waals surface area contributed by atoms with E-state index in [-0.39, 0.29) is 0 Å². The average molecular weight is 243 g/mol. The summed E-state index contributed by atoms with van der Waals surface area (Å²) in [5.74, 6) is 1.77. The third kappa shape index (κ3) is 1.83. The minimum Gasteiger partial charge on any atom is -0.328 e. The van der Waals surface area contributed by atoms with E-state index in [1.54, 1.807) is 0 Å². The molecule has 96 valence electrons. The summed E-state index contributed by atoms with van der Waals surface area (Å²) in [4.78, 5) is 4.86. The first-order valence-electron chi connectivity index (χ1n) is 6.89. The number of para-hydroxylation sites is 2. The van der Waals surface area contributed by atoms with Crippen LogP contribution in [0.1, 0.15) is 50.9 Å². The van der Waals surface area contributed by atoms with Gasteiger partial charge in [0.2, 0.25) is 0 Å². The highest BCUT2D eigenvalue weighted by molar-refractivity contribution is 5.76. The Bertz CT molecular complexity index is 556. The molecule has 0 amide bonds. The zero-order valence-corrected chi connectivity index (χ0v) is 11.1. The summed E-state index contributed by atoms with van der Waals surface area (Å²) < 4.78 is 2.39. The van der Waals surface area contributed by atoms with Crippen LogP contribution in [-0.2, 0) is 0 Å². The first-order valence-corrected chi connectivity index (χ1v) is 6.89. The monoisotopic (exact) mass is 243 g/mol. The molecule has 1 aromatic heterocycles. The second kappa shape index (κ2) is 4.39. The van der Waals surface area contributed by atoms with Crippen molar-refractivity contribution in [2.45, 2.75) is 51.1 Å². The van der Waals surface area contributed by atoms with Gasteiger partial charge in [0, 0.05) is 18.0 Å². The lowest BCUT2D eigenvalue weighted by molar-refractivity contribution is 0.536. The number of rotatable bonds is 2. The molecule has 0 unspecified atom stereocenters. The molecule has 0 radical (unpaired) electrons. The molecule has 0 aliphatic heterocycles. The highest BCUT2D eigenvalue weighted by Gasteiger charge is 2.28. The third-order valence-electron chi connectivity index (χ3n) is 3.98. The van der Waals surface area contributed by atoms with Crippen LogP contribution in [-0.4, -0.2) is 15.6 Å². The second-order valence-corrected chi connectivity index (χ2v) is 5.69. The number of imidazole rings is 1. The van der Waals surface area contributed by atoms with E-state index in [1.165, 1.54) is 17.8 Å². The Morgan fingerprint density at radius 1 is 1.28 bits per heavy atom. The molecule has 3 heteroatoms. The summed E-state index contributed by atoms with van der Waals surface area (Å²) in [6.45, 7) is 4.46. The van der Waals surface area contributed by atoms with Gasteiger partial charge in [0.25, 0.3) is 0 Å². The van der Waals surface area contributed by atoms with Gasteiger partial charge in [-0.05, 0) is 45.2 Å². The molecule has 0 saturated heterocycles. The van der Waals surface area contributed by atoms with Crippen LogP contribution in [0, 0.1) is 0 Å². The molecular formula is C15H21N3. The fourth-order valence-corrected chi connectivity index (χ4v) is 3.14. The minimum absolute atomic E-state index is 0.357. The average Bonchev–Trinajstić information content (AvgIpc) is 2.91. The van der Waals surface area contributed by atoms with Gasteiger partial charge in [-0.3, -0.25) is 0 Å². The molecule has 2 atom stereocenters. The molecule has 1 aliphatic carbocycles. The molecule has 2 N–H and O–H groups in total. The van der Waals surface area contributed by atoms with E-state index in [0.717, 1.165) is 18.4 Å². The molecule has 18 heavy (non-hydrogen) atoms. The Balaban J connectivity index is 2.13. The number of hydrogen-bond acceptors (Lipinski definition) is 2. The van der Waals surface area contributed by atoms with Crippen LogP contribution in [0.25, 0.3) is 11.0 Å². The van der Waals surface area contributed by atoms with Crippen LogP contribution in [0.4, 0.5) is 0 Å². The number of fused-ring (bicyclic) bond motifs is 1. The van der Waals surface area contributed by atoms with Gasteiger partial charge in [-0.25, -0.2) is 4.98 Å². The standard InChI is InChI=1S/C15H21N3/c1-10(2)18-14-6-4-3-5-13(14)17-15(18)11-7-8-12(16)9-11/h3-6,10-12H,7-9,16H2,1-2H3/t11-,12+/m1/s1. The molecular weight excluding hydrogens is 222 g/mol. The van der Waals surface area contributed by atoms with Gasteiger partial charge >= 0.3 is 0 Å². The van der Waals surface area contributed by atoms with Crippen LogP contribution in [0.2, 0.25) is 0 Å². The van der Waals surface area contributed by atoms with Crippen molar-refractivity contribution in [2.24, 2.45) is 5.73 Å². The molecule has 3 nitrogen and oxygen atoms in total. The van der Waals surface area contributed by atoms with Crippen LogP contribution in [0.5, 0.6) is 0 Å².